The van der Waals surface area contributed by atoms with Gasteiger partial charge in [0.25, 0.3) is 0 Å². The molecular weight excluding hydrogens is 216 g/mol. The monoisotopic (exact) mass is 220 g/mol. The Morgan fingerprint density at radius 2 is 1.14 bits per heavy atom. The minimum Gasteiger partial charge on any atom is -0.473 e. The Hall–Kier alpha value is -0.270. The Kier molecular flexibility index (Phi) is 5.51. The molecule has 2 radical (unpaired) electrons. The minimum atomic E-state index is -1.82. The molecule has 4 nitrogen and oxygen atoms in total. The molecule has 0 amide bonds. The average Bonchev–Trinajstić information content (AvgIpc) is 1.36. The predicted octanol–water partition coefficient (Wildman–Crippen LogP) is -1.23. The number of hydrogen-bond donors (Lipinski definition) is 2. The summed E-state index contributed by atoms with van der Waals surface area (Å²) in [6.45, 7) is 0. The number of carboxylic acids is 2. The third-order valence-corrected chi connectivity index (χ3v) is 0.183. The third kappa shape index (κ3) is 5.73. The molecule has 0 unspecified atom stereocenters. The first-order valence-electron chi connectivity index (χ1n) is 1.11. The number of carboxylic acid groups (broad SMARTS) is 2. The summed E-state index contributed by atoms with van der Waals surface area (Å²) < 4.78 is 0. The second kappa shape index (κ2) is 3.90. The van der Waals surface area contributed by atoms with Crippen molar-refractivity contribution in [3.05, 3.63) is 0 Å². The van der Waals surface area contributed by atoms with E-state index in [0.717, 1.165) is 0 Å². The van der Waals surface area contributed by atoms with Gasteiger partial charge in [-0.3, -0.25) is 0 Å². The van der Waals surface area contributed by atoms with E-state index in [4.69, 9.17) is 19.8 Å². The zero-order valence-corrected chi connectivity index (χ0v) is 5.45. The van der Waals surface area contributed by atoms with Crippen molar-refractivity contribution in [1.82, 2.24) is 0 Å². The Morgan fingerprint density at radius 1 is 1.00 bits per heavy atom. The van der Waals surface area contributed by atoms with Crippen molar-refractivity contribution in [2.45, 2.75) is 0 Å². The van der Waals surface area contributed by atoms with Crippen molar-refractivity contribution < 1.29 is 19.8 Å². The zero-order chi connectivity index (χ0) is 5.15. The number of carbonyl (C=O) groups is 2. The van der Waals surface area contributed by atoms with Gasteiger partial charge in [0.1, 0.15) is 0 Å². The van der Waals surface area contributed by atoms with Crippen LogP contribution in [0.4, 0.5) is 0 Å². The predicted molar refractivity (Wildman–Crippen MR) is 21.0 cm³/mol. The molecule has 0 aliphatic carbocycles. The molecule has 40 valence electrons. The second-order valence-electron chi connectivity index (χ2n) is 0.610. The standard InChI is InChI=1S/C2H2O4.Te/c3-1(4)2(5)6;/h(H,3,4)(H,5,6);. The van der Waals surface area contributed by atoms with E-state index in [2.05, 4.69) is 0 Å². The van der Waals surface area contributed by atoms with Crippen molar-refractivity contribution in [1.29, 1.82) is 0 Å². The van der Waals surface area contributed by atoms with E-state index < -0.39 is 11.9 Å². The molecule has 0 heterocycles. The van der Waals surface area contributed by atoms with E-state index in [1.807, 2.05) is 0 Å². The van der Waals surface area contributed by atoms with E-state index in [0.29, 0.717) is 0 Å². The number of rotatable bonds is 0. The van der Waals surface area contributed by atoms with Crippen LogP contribution in [-0.2, 0) is 9.59 Å². The van der Waals surface area contributed by atoms with Crippen molar-refractivity contribution in [3.8, 4) is 0 Å². The normalized spacial score (nSPS) is 6.29. The number of aliphatic carboxylic acids is 2. The molecule has 7 heavy (non-hydrogen) atoms. The number of hydrogen-bond acceptors (Lipinski definition) is 2. The molecule has 0 saturated heterocycles. The first kappa shape index (κ1) is 9.88. The van der Waals surface area contributed by atoms with Gasteiger partial charge >= 0.3 is 11.9 Å². The van der Waals surface area contributed by atoms with Crippen molar-refractivity contribution in [2.24, 2.45) is 0 Å². The zero-order valence-electron chi connectivity index (χ0n) is 3.12. The Labute approximate surface area is 55.9 Å². The molecule has 0 saturated carbocycles. The molecule has 0 fully saturated rings. The van der Waals surface area contributed by atoms with Gasteiger partial charge in [0.05, 0.1) is 0 Å². The van der Waals surface area contributed by atoms with Gasteiger partial charge in [-0.15, -0.1) is 0 Å². The van der Waals surface area contributed by atoms with Crippen LogP contribution < -0.4 is 0 Å². The smallest absolute Gasteiger partial charge is 0.414 e. The van der Waals surface area contributed by atoms with Gasteiger partial charge in [-0.1, -0.05) is 0 Å². The molecular formula is C2H2O4Te. The van der Waals surface area contributed by atoms with Crippen molar-refractivity contribution in [2.75, 3.05) is 0 Å². The third-order valence-electron chi connectivity index (χ3n) is 0.183. The SMILES string of the molecule is O=C(O)C(=O)O.[Te]. The van der Waals surface area contributed by atoms with Gasteiger partial charge in [-0.2, -0.15) is 0 Å². The maximum atomic E-state index is 9.10. The summed E-state index contributed by atoms with van der Waals surface area (Å²) in [5.74, 6) is -3.65. The molecule has 2 N–H and O–H groups in total. The summed E-state index contributed by atoms with van der Waals surface area (Å²) in [5.41, 5.74) is 0. The molecule has 5 heteroatoms. The van der Waals surface area contributed by atoms with Crippen LogP contribution in [-0.4, -0.2) is 45.8 Å². The van der Waals surface area contributed by atoms with E-state index in [9.17, 15) is 0 Å². The summed E-state index contributed by atoms with van der Waals surface area (Å²) in [7, 11) is 0. The summed E-state index contributed by atoms with van der Waals surface area (Å²) in [4.78, 5) is 18.2. The summed E-state index contributed by atoms with van der Waals surface area (Å²) in [6.07, 6.45) is 0. The minimum absolute atomic E-state index is 0. The van der Waals surface area contributed by atoms with E-state index in [1.165, 1.54) is 0 Å². The van der Waals surface area contributed by atoms with Crippen LogP contribution in [0.15, 0.2) is 0 Å². The van der Waals surface area contributed by atoms with Crippen molar-refractivity contribution in [3.63, 3.8) is 0 Å². The van der Waals surface area contributed by atoms with Crippen LogP contribution in [0.25, 0.3) is 0 Å². The first-order valence-corrected chi connectivity index (χ1v) is 1.11. The fraction of sp³-hybridized carbons (Fsp3) is 0. The molecule has 0 rings (SSSR count). The Morgan fingerprint density at radius 3 is 1.14 bits per heavy atom. The topological polar surface area (TPSA) is 74.6 Å². The Balaban J connectivity index is 0. The van der Waals surface area contributed by atoms with Crippen LogP contribution in [0.3, 0.4) is 0 Å². The molecule has 0 aromatic rings. The van der Waals surface area contributed by atoms with Gasteiger partial charge < -0.3 is 10.2 Å². The van der Waals surface area contributed by atoms with E-state index in [-0.39, 0.29) is 23.7 Å². The summed E-state index contributed by atoms with van der Waals surface area (Å²) >= 11 is 0. The molecule has 0 aromatic heterocycles. The second-order valence-corrected chi connectivity index (χ2v) is 0.610. The molecule has 0 aliphatic heterocycles. The van der Waals surface area contributed by atoms with E-state index in [1.54, 1.807) is 0 Å². The van der Waals surface area contributed by atoms with Crippen LogP contribution >= 0.6 is 0 Å². The Bertz CT molecular complexity index is 75.7. The molecule has 0 aliphatic rings. The fourth-order valence-corrected chi connectivity index (χ4v) is 0. The first-order chi connectivity index (χ1) is 2.64. The van der Waals surface area contributed by atoms with Crippen LogP contribution in [0.5, 0.6) is 0 Å². The molecule has 0 bridgehead atoms. The molecule has 0 aromatic carbocycles. The quantitative estimate of drug-likeness (QED) is 0.394. The fourth-order valence-electron chi connectivity index (χ4n) is 0. The maximum Gasteiger partial charge on any atom is 0.414 e. The van der Waals surface area contributed by atoms with Gasteiger partial charge in [0.2, 0.25) is 0 Å². The summed E-state index contributed by atoms with van der Waals surface area (Å²) in [5, 5.41) is 14.8. The molecule has 0 spiro atoms. The van der Waals surface area contributed by atoms with Gasteiger partial charge in [0.15, 0.2) is 0 Å². The van der Waals surface area contributed by atoms with Crippen LogP contribution in [0.2, 0.25) is 0 Å². The van der Waals surface area contributed by atoms with E-state index >= 15 is 0 Å². The van der Waals surface area contributed by atoms with Gasteiger partial charge in [-0.25, -0.2) is 9.59 Å². The molecule has 0 atom stereocenters. The van der Waals surface area contributed by atoms with Crippen LogP contribution in [0, 0.1) is 0 Å². The van der Waals surface area contributed by atoms with Crippen LogP contribution in [0.1, 0.15) is 0 Å². The average molecular weight is 218 g/mol. The maximum absolute atomic E-state index is 9.10. The van der Waals surface area contributed by atoms with Gasteiger partial charge in [0, 0.05) is 23.7 Å². The summed E-state index contributed by atoms with van der Waals surface area (Å²) in [6, 6.07) is 0. The largest absolute Gasteiger partial charge is 0.473 e. The van der Waals surface area contributed by atoms with Crippen molar-refractivity contribution >= 4 is 35.6 Å². The van der Waals surface area contributed by atoms with Gasteiger partial charge in [-0.05, 0) is 0 Å².